The standard InChI is InChI=1S/C14H14N2O3/c1-10(17)12-7-15-16(8-12)9-14(18)11-3-5-13(19-2)6-4-11/h3-8H,9H2,1-2H3. The van der Waals surface area contributed by atoms with E-state index in [2.05, 4.69) is 5.10 Å². The van der Waals surface area contributed by atoms with Crippen LogP contribution in [-0.2, 0) is 6.54 Å². The number of aromatic nitrogens is 2. The number of carbonyl (C=O) groups excluding carboxylic acids is 2. The molecule has 2 rings (SSSR count). The van der Waals surface area contributed by atoms with Gasteiger partial charge in [-0.15, -0.1) is 0 Å². The molecule has 0 saturated carbocycles. The Hall–Kier alpha value is -2.43. The fourth-order valence-corrected chi connectivity index (χ4v) is 1.65. The average Bonchev–Trinajstić information content (AvgIpc) is 2.87. The molecule has 0 spiro atoms. The molecule has 0 amide bonds. The fraction of sp³-hybridized carbons (Fsp3) is 0.214. The fourth-order valence-electron chi connectivity index (χ4n) is 1.65. The Kier molecular flexibility index (Phi) is 3.75. The summed E-state index contributed by atoms with van der Waals surface area (Å²) in [6.45, 7) is 1.58. The molecule has 0 radical (unpaired) electrons. The quantitative estimate of drug-likeness (QED) is 0.769. The molecule has 0 saturated heterocycles. The minimum absolute atomic E-state index is 0.0665. The lowest BCUT2D eigenvalue weighted by Crippen LogP contribution is -2.10. The summed E-state index contributed by atoms with van der Waals surface area (Å²) in [6.07, 6.45) is 3.04. The maximum Gasteiger partial charge on any atom is 0.184 e. The molecule has 0 aliphatic rings. The Morgan fingerprint density at radius 2 is 1.89 bits per heavy atom. The molecule has 0 N–H and O–H groups in total. The number of nitrogens with zero attached hydrogens (tertiary/aromatic N) is 2. The first-order valence-electron chi connectivity index (χ1n) is 5.81. The Morgan fingerprint density at radius 1 is 1.21 bits per heavy atom. The van der Waals surface area contributed by atoms with Gasteiger partial charge in [-0.25, -0.2) is 0 Å². The van der Waals surface area contributed by atoms with E-state index in [0.29, 0.717) is 16.9 Å². The van der Waals surface area contributed by atoms with Crippen LogP contribution < -0.4 is 4.74 Å². The lowest BCUT2D eigenvalue weighted by Gasteiger charge is -2.03. The molecule has 2 aromatic rings. The van der Waals surface area contributed by atoms with Crippen molar-refractivity contribution in [2.45, 2.75) is 13.5 Å². The van der Waals surface area contributed by atoms with Crippen molar-refractivity contribution >= 4 is 11.6 Å². The molecular formula is C14H14N2O3. The van der Waals surface area contributed by atoms with E-state index in [1.54, 1.807) is 37.6 Å². The highest BCUT2D eigenvalue weighted by Gasteiger charge is 2.09. The Bertz CT molecular complexity index is 599. The summed E-state index contributed by atoms with van der Waals surface area (Å²) in [5.41, 5.74) is 1.09. The van der Waals surface area contributed by atoms with E-state index < -0.39 is 0 Å². The van der Waals surface area contributed by atoms with Crippen LogP contribution in [0.4, 0.5) is 0 Å². The van der Waals surface area contributed by atoms with Crippen molar-refractivity contribution in [3.8, 4) is 5.75 Å². The lowest BCUT2D eigenvalue weighted by molar-refractivity contribution is 0.0964. The van der Waals surface area contributed by atoms with E-state index in [4.69, 9.17) is 4.74 Å². The Labute approximate surface area is 110 Å². The van der Waals surface area contributed by atoms with E-state index in [0.717, 1.165) is 0 Å². The van der Waals surface area contributed by atoms with Crippen molar-refractivity contribution < 1.29 is 14.3 Å². The number of rotatable bonds is 5. The van der Waals surface area contributed by atoms with Gasteiger partial charge in [0.2, 0.25) is 0 Å². The number of hydrogen-bond acceptors (Lipinski definition) is 4. The van der Waals surface area contributed by atoms with E-state index in [1.165, 1.54) is 17.8 Å². The van der Waals surface area contributed by atoms with Gasteiger partial charge in [-0.05, 0) is 31.2 Å². The van der Waals surface area contributed by atoms with Gasteiger partial charge in [-0.2, -0.15) is 5.10 Å². The second-order valence-corrected chi connectivity index (χ2v) is 4.13. The van der Waals surface area contributed by atoms with E-state index in [9.17, 15) is 9.59 Å². The van der Waals surface area contributed by atoms with Gasteiger partial charge in [0.25, 0.3) is 0 Å². The minimum atomic E-state index is -0.0687. The van der Waals surface area contributed by atoms with Crippen molar-refractivity contribution in [1.82, 2.24) is 9.78 Å². The predicted molar refractivity (Wildman–Crippen MR) is 69.6 cm³/mol. The number of ketones is 2. The third-order valence-corrected chi connectivity index (χ3v) is 2.76. The van der Waals surface area contributed by atoms with Crippen LogP contribution in [0.3, 0.4) is 0 Å². The number of hydrogen-bond donors (Lipinski definition) is 0. The van der Waals surface area contributed by atoms with Crippen molar-refractivity contribution in [3.63, 3.8) is 0 Å². The highest BCUT2D eigenvalue weighted by Crippen LogP contribution is 2.12. The third-order valence-electron chi connectivity index (χ3n) is 2.76. The Balaban J connectivity index is 2.08. The van der Waals surface area contributed by atoms with Gasteiger partial charge in [-0.1, -0.05) is 0 Å². The highest BCUT2D eigenvalue weighted by atomic mass is 16.5. The minimum Gasteiger partial charge on any atom is -0.497 e. The van der Waals surface area contributed by atoms with Crippen LogP contribution in [0, 0.1) is 0 Å². The van der Waals surface area contributed by atoms with E-state index >= 15 is 0 Å². The SMILES string of the molecule is COc1ccc(C(=O)Cn2cc(C(C)=O)cn2)cc1. The van der Waals surface area contributed by atoms with Gasteiger partial charge in [-0.3, -0.25) is 14.3 Å². The Morgan fingerprint density at radius 3 is 2.42 bits per heavy atom. The largest absolute Gasteiger partial charge is 0.497 e. The normalized spacial score (nSPS) is 10.2. The second-order valence-electron chi connectivity index (χ2n) is 4.13. The average molecular weight is 258 g/mol. The predicted octanol–water partition coefficient (Wildman–Crippen LogP) is 1.98. The van der Waals surface area contributed by atoms with Crippen molar-refractivity contribution in [2.75, 3.05) is 7.11 Å². The molecule has 0 fully saturated rings. The maximum atomic E-state index is 12.0. The lowest BCUT2D eigenvalue weighted by atomic mass is 10.1. The molecule has 0 atom stereocenters. The topological polar surface area (TPSA) is 61.2 Å². The van der Waals surface area contributed by atoms with Crippen LogP contribution in [0.5, 0.6) is 5.75 Å². The molecule has 19 heavy (non-hydrogen) atoms. The van der Waals surface area contributed by atoms with Crippen LogP contribution in [0.1, 0.15) is 27.6 Å². The summed E-state index contributed by atoms with van der Waals surface area (Å²) in [7, 11) is 1.57. The summed E-state index contributed by atoms with van der Waals surface area (Å²) in [6, 6.07) is 6.88. The number of ether oxygens (including phenoxy) is 1. The molecule has 0 aliphatic heterocycles. The van der Waals surface area contributed by atoms with Gasteiger partial charge < -0.3 is 4.74 Å². The monoisotopic (exact) mass is 258 g/mol. The zero-order valence-electron chi connectivity index (χ0n) is 10.8. The first-order chi connectivity index (χ1) is 9.10. The second kappa shape index (κ2) is 5.48. The zero-order chi connectivity index (χ0) is 13.8. The highest BCUT2D eigenvalue weighted by molar-refractivity contribution is 5.96. The van der Waals surface area contributed by atoms with Gasteiger partial charge in [0.05, 0.1) is 18.9 Å². The number of benzene rings is 1. The first kappa shape index (κ1) is 13.0. The number of methoxy groups -OCH3 is 1. The molecule has 1 aromatic heterocycles. The van der Waals surface area contributed by atoms with Gasteiger partial charge in [0.15, 0.2) is 11.6 Å². The van der Waals surface area contributed by atoms with Crippen LogP contribution in [0.2, 0.25) is 0 Å². The molecular weight excluding hydrogens is 244 g/mol. The molecule has 1 aromatic carbocycles. The molecule has 0 unspecified atom stereocenters. The summed E-state index contributed by atoms with van der Waals surface area (Å²) < 4.78 is 6.49. The number of Topliss-reactive ketones (excluding diaryl/α,β-unsaturated/α-hetero) is 2. The molecule has 5 nitrogen and oxygen atoms in total. The van der Waals surface area contributed by atoms with Crippen molar-refractivity contribution in [1.29, 1.82) is 0 Å². The van der Waals surface area contributed by atoms with Crippen LogP contribution in [-0.4, -0.2) is 28.5 Å². The summed E-state index contributed by atoms with van der Waals surface area (Å²) in [5.74, 6) is 0.568. The van der Waals surface area contributed by atoms with Crippen molar-refractivity contribution in [3.05, 3.63) is 47.8 Å². The van der Waals surface area contributed by atoms with Crippen molar-refractivity contribution in [2.24, 2.45) is 0 Å². The van der Waals surface area contributed by atoms with Crippen LogP contribution >= 0.6 is 0 Å². The summed E-state index contributed by atoms with van der Waals surface area (Å²) in [5, 5.41) is 3.99. The van der Waals surface area contributed by atoms with Gasteiger partial charge in [0.1, 0.15) is 12.3 Å². The number of carbonyl (C=O) groups is 2. The molecule has 98 valence electrons. The smallest absolute Gasteiger partial charge is 0.184 e. The summed E-state index contributed by atoms with van der Waals surface area (Å²) in [4.78, 5) is 23.1. The third kappa shape index (κ3) is 3.07. The molecule has 1 heterocycles. The maximum absolute atomic E-state index is 12.0. The van der Waals surface area contributed by atoms with Gasteiger partial charge in [0, 0.05) is 11.8 Å². The molecule has 5 heteroatoms. The van der Waals surface area contributed by atoms with E-state index in [1.807, 2.05) is 0 Å². The van der Waals surface area contributed by atoms with E-state index in [-0.39, 0.29) is 18.1 Å². The van der Waals surface area contributed by atoms with Crippen LogP contribution in [0.15, 0.2) is 36.7 Å². The van der Waals surface area contributed by atoms with Gasteiger partial charge >= 0.3 is 0 Å². The molecule has 0 aliphatic carbocycles. The van der Waals surface area contributed by atoms with Crippen LogP contribution in [0.25, 0.3) is 0 Å². The molecule has 0 bridgehead atoms. The summed E-state index contributed by atoms with van der Waals surface area (Å²) >= 11 is 0. The zero-order valence-corrected chi connectivity index (χ0v) is 10.8. The first-order valence-corrected chi connectivity index (χ1v) is 5.81.